The maximum atomic E-state index is 12.9. The number of hydrogen-bond donors (Lipinski definition) is 1. The molecule has 5 nitrogen and oxygen atoms in total. The number of benzene rings is 2. The molecular formula is C19H12ClF3N4OS. The van der Waals surface area contributed by atoms with E-state index in [1.54, 1.807) is 30.3 Å². The summed E-state index contributed by atoms with van der Waals surface area (Å²) in [5.74, 6) is 0.212. The smallest absolute Gasteiger partial charge is 0.301 e. The minimum Gasteiger partial charge on any atom is -0.301 e. The van der Waals surface area contributed by atoms with Gasteiger partial charge >= 0.3 is 6.18 Å². The van der Waals surface area contributed by atoms with Crippen molar-refractivity contribution < 1.29 is 13.2 Å². The highest BCUT2D eigenvalue weighted by Crippen LogP contribution is 2.31. The monoisotopic (exact) mass is 436 g/mol. The Kier molecular flexibility index (Phi) is 5.10. The Labute approximate surface area is 171 Å². The predicted octanol–water partition coefficient (Wildman–Crippen LogP) is 5.07. The van der Waals surface area contributed by atoms with Crippen molar-refractivity contribution in [2.24, 2.45) is 0 Å². The lowest BCUT2D eigenvalue weighted by Crippen LogP contribution is -2.10. The van der Waals surface area contributed by atoms with Gasteiger partial charge in [-0.05, 0) is 29.8 Å². The van der Waals surface area contributed by atoms with Gasteiger partial charge in [0.2, 0.25) is 0 Å². The van der Waals surface area contributed by atoms with E-state index < -0.39 is 11.7 Å². The third-order valence-corrected chi connectivity index (χ3v) is 5.28. The van der Waals surface area contributed by atoms with E-state index in [1.165, 1.54) is 16.9 Å². The minimum absolute atomic E-state index is 0.212. The molecule has 2 aromatic carbocycles. The van der Waals surface area contributed by atoms with Crippen molar-refractivity contribution in [1.82, 2.24) is 19.7 Å². The molecule has 0 aliphatic heterocycles. The van der Waals surface area contributed by atoms with Crippen molar-refractivity contribution in [3.63, 3.8) is 0 Å². The maximum Gasteiger partial charge on any atom is 0.416 e. The summed E-state index contributed by atoms with van der Waals surface area (Å²) in [6, 6.07) is 12.0. The molecule has 0 atom stereocenters. The third-order valence-electron chi connectivity index (χ3n) is 4.10. The molecule has 2 aromatic heterocycles. The standard InChI is InChI=1S/C19H12ClF3N4OS/c20-13-5-2-6-14(8-13)27-16-15(9-24-27)17(28)26-18(25-16)29-10-11-3-1-4-12(7-11)19(21,22)23/h1-9H,10H2,(H,25,26,28). The number of hydrogen-bond acceptors (Lipinski definition) is 4. The molecule has 0 amide bonds. The number of thioether (sulfide) groups is 1. The first-order valence-electron chi connectivity index (χ1n) is 8.34. The summed E-state index contributed by atoms with van der Waals surface area (Å²) >= 11 is 7.16. The Morgan fingerprint density at radius 3 is 2.69 bits per heavy atom. The second-order valence-corrected chi connectivity index (χ2v) is 7.53. The van der Waals surface area contributed by atoms with Gasteiger partial charge < -0.3 is 4.98 Å². The van der Waals surface area contributed by atoms with Crippen molar-refractivity contribution in [3.05, 3.63) is 81.2 Å². The van der Waals surface area contributed by atoms with Crippen LogP contribution in [0.4, 0.5) is 13.2 Å². The van der Waals surface area contributed by atoms with Gasteiger partial charge in [0, 0.05) is 10.8 Å². The van der Waals surface area contributed by atoms with E-state index in [4.69, 9.17) is 11.6 Å². The van der Waals surface area contributed by atoms with Gasteiger partial charge in [-0.15, -0.1) is 0 Å². The molecule has 4 aromatic rings. The van der Waals surface area contributed by atoms with Crippen LogP contribution in [0.25, 0.3) is 16.7 Å². The number of nitrogens with one attached hydrogen (secondary N) is 1. The average molecular weight is 437 g/mol. The fourth-order valence-electron chi connectivity index (χ4n) is 2.75. The van der Waals surface area contributed by atoms with Crippen LogP contribution in [0.3, 0.4) is 0 Å². The summed E-state index contributed by atoms with van der Waals surface area (Å²) in [4.78, 5) is 19.4. The molecule has 0 saturated heterocycles. The van der Waals surface area contributed by atoms with Crippen LogP contribution in [0.5, 0.6) is 0 Å². The van der Waals surface area contributed by atoms with Crippen LogP contribution in [0.1, 0.15) is 11.1 Å². The van der Waals surface area contributed by atoms with Crippen LogP contribution in [0.2, 0.25) is 5.02 Å². The van der Waals surface area contributed by atoms with E-state index in [1.807, 2.05) is 0 Å². The SMILES string of the molecule is O=c1[nH]c(SCc2cccc(C(F)(F)F)c2)nc2c1cnn2-c1cccc(Cl)c1. The topological polar surface area (TPSA) is 63.6 Å². The lowest BCUT2D eigenvalue weighted by molar-refractivity contribution is -0.137. The lowest BCUT2D eigenvalue weighted by atomic mass is 10.1. The van der Waals surface area contributed by atoms with Gasteiger partial charge in [0.15, 0.2) is 10.8 Å². The molecule has 29 heavy (non-hydrogen) atoms. The molecule has 0 spiro atoms. The number of rotatable bonds is 4. The summed E-state index contributed by atoms with van der Waals surface area (Å²) in [7, 11) is 0. The van der Waals surface area contributed by atoms with E-state index in [9.17, 15) is 18.0 Å². The molecule has 0 aliphatic carbocycles. The number of halogens is 4. The van der Waals surface area contributed by atoms with Crippen molar-refractivity contribution >= 4 is 34.4 Å². The Bertz CT molecular complexity index is 1250. The first-order valence-corrected chi connectivity index (χ1v) is 9.70. The Morgan fingerprint density at radius 2 is 1.93 bits per heavy atom. The summed E-state index contributed by atoms with van der Waals surface area (Å²) in [5.41, 5.74) is 0.347. The van der Waals surface area contributed by atoms with Crippen LogP contribution >= 0.6 is 23.4 Å². The van der Waals surface area contributed by atoms with Crippen molar-refractivity contribution in [1.29, 1.82) is 0 Å². The minimum atomic E-state index is -4.41. The molecule has 0 unspecified atom stereocenters. The fourth-order valence-corrected chi connectivity index (χ4v) is 3.74. The van der Waals surface area contributed by atoms with Crippen LogP contribution < -0.4 is 5.56 Å². The highest BCUT2D eigenvalue weighted by atomic mass is 35.5. The zero-order chi connectivity index (χ0) is 20.6. The number of alkyl halides is 3. The summed E-state index contributed by atoms with van der Waals surface area (Å²) in [5, 5.41) is 5.30. The largest absolute Gasteiger partial charge is 0.416 e. The molecule has 0 radical (unpaired) electrons. The maximum absolute atomic E-state index is 12.9. The molecule has 4 rings (SSSR count). The molecule has 0 bridgehead atoms. The first-order chi connectivity index (χ1) is 13.8. The Balaban J connectivity index is 1.65. The molecule has 10 heteroatoms. The fraction of sp³-hybridized carbons (Fsp3) is 0.105. The van der Waals surface area contributed by atoms with E-state index in [-0.39, 0.29) is 16.5 Å². The number of fused-ring (bicyclic) bond motifs is 1. The number of aromatic nitrogens is 4. The summed E-state index contributed by atoms with van der Waals surface area (Å²) in [6.07, 6.45) is -3.00. The zero-order valence-corrected chi connectivity index (χ0v) is 16.1. The molecular weight excluding hydrogens is 425 g/mol. The lowest BCUT2D eigenvalue weighted by Gasteiger charge is -2.08. The van der Waals surface area contributed by atoms with Gasteiger partial charge in [0.1, 0.15) is 5.39 Å². The molecule has 148 valence electrons. The molecule has 1 N–H and O–H groups in total. The first kappa shape index (κ1) is 19.5. The Hall–Kier alpha value is -2.78. The second kappa shape index (κ2) is 7.57. The highest BCUT2D eigenvalue weighted by molar-refractivity contribution is 7.98. The average Bonchev–Trinajstić information content (AvgIpc) is 3.10. The van der Waals surface area contributed by atoms with E-state index in [0.29, 0.717) is 27.3 Å². The predicted molar refractivity (Wildman–Crippen MR) is 106 cm³/mol. The normalized spacial score (nSPS) is 11.9. The van der Waals surface area contributed by atoms with Crippen LogP contribution in [-0.2, 0) is 11.9 Å². The number of nitrogens with zero attached hydrogens (tertiary/aromatic N) is 3. The van der Waals surface area contributed by atoms with E-state index >= 15 is 0 Å². The van der Waals surface area contributed by atoms with E-state index in [2.05, 4.69) is 15.1 Å². The van der Waals surface area contributed by atoms with Crippen molar-refractivity contribution in [3.8, 4) is 5.69 Å². The third kappa shape index (κ3) is 4.15. The summed E-state index contributed by atoms with van der Waals surface area (Å²) in [6.45, 7) is 0. The second-order valence-electron chi connectivity index (χ2n) is 6.13. The van der Waals surface area contributed by atoms with Crippen LogP contribution in [0, 0.1) is 0 Å². The van der Waals surface area contributed by atoms with Gasteiger partial charge in [-0.1, -0.05) is 47.6 Å². The molecule has 0 saturated carbocycles. The van der Waals surface area contributed by atoms with E-state index in [0.717, 1.165) is 23.9 Å². The van der Waals surface area contributed by atoms with Crippen LogP contribution in [0.15, 0.2) is 64.7 Å². The van der Waals surface area contributed by atoms with Gasteiger partial charge in [0.05, 0.1) is 17.4 Å². The summed E-state index contributed by atoms with van der Waals surface area (Å²) < 4.78 is 40.1. The molecule has 0 fully saturated rings. The molecule has 0 aliphatic rings. The quantitative estimate of drug-likeness (QED) is 0.358. The highest BCUT2D eigenvalue weighted by Gasteiger charge is 2.30. The zero-order valence-electron chi connectivity index (χ0n) is 14.6. The van der Waals surface area contributed by atoms with Crippen LogP contribution in [-0.4, -0.2) is 19.7 Å². The van der Waals surface area contributed by atoms with Gasteiger partial charge in [0.25, 0.3) is 5.56 Å². The number of aromatic amines is 1. The molecule has 2 heterocycles. The number of H-pyrrole nitrogens is 1. The van der Waals surface area contributed by atoms with Gasteiger partial charge in [-0.25, -0.2) is 9.67 Å². The van der Waals surface area contributed by atoms with Crippen molar-refractivity contribution in [2.45, 2.75) is 17.1 Å². The van der Waals surface area contributed by atoms with Crippen molar-refractivity contribution in [2.75, 3.05) is 0 Å². The van der Waals surface area contributed by atoms with Gasteiger partial charge in [-0.2, -0.15) is 18.3 Å². The van der Waals surface area contributed by atoms with Gasteiger partial charge in [-0.3, -0.25) is 4.79 Å². The Morgan fingerprint density at radius 1 is 1.14 bits per heavy atom.